The van der Waals surface area contributed by atoms with E-state index < -0.39 is 11.7 Å². The first kappa shape index (κ1) is 15.6. The van der Waals surface area contributed by atoms with Gasteiger partial charge < -0.3 is 5.32 Å². The van der Waals surface area contributed by atoms with Gasteiger partial charge in [-0.25, -0.2) is 4.98 Å². The van der Waals surface area contributed by atoms with E-state index in [9.17, 15) is 13.2 Å². The van der Waals surface area contributed by atoms with E-state index in [0.29, 0.717) is 5.69 Å². The van der Waals surface area contributed by atoms with Crippen LogP contribution in [0.4, 0.5) is 24.5 Å². The summed E-state index contributed by atoms with van der Waals surface area (Å²) in [6.45, 7) is 3.95. The average molecular weight is 315 g/mol. The summed E-state index contributed by atoms with van der Waals surface area (Å²) in [5, 5.41) is 2.83. The molecule has 0 saturated heterocycles. The largest absolute Gasteiger partial charge is 0.419 e. The molecule has 2 aromatic rings. The molecule has 21 heavy (non-hydrogen) atoms. The van der Waals surface area contributed by atoms with Crippen molar-refractivity contribution >= 4 is 23.0 Å². The molecule has 1 heterocycles. The van der Waals surface area contributed by atoms with Crippen LogP contribution in [0.1, 0.15) is 30.9 Å². The summed E-state index contributed by atoms with van der Waals surface area (Å²) in [4.78, 5) is 3.51. The van der Waals surface area contributed by atoms with Gasteiger partial charge in [-0.2, -0.15) is 13.2 Å². The maximum absolute atomic E-state index is 13.0. The highest BCUT2D eigenvalue weighted by Crippen LogP contribution is 2.37. The number of aromatic nitrogens is 1. The SMILES string of the molecule is CC(C)c1ccccc1Nc1cc(Cl)ncc1C(F)(F)F. The number of benzene rings is 1. The van der Waals surface area contributed by atoms with Crippen LogP contribution in [-0.2, 0) is 6.18 Å². The molecule has 0 atom stereocenters. The fraction of sp³-hybridized carbons (Fsp3) is 0.267. The van der Waals surface area contributed by atoms with Crippen LogP contribution in [-0.4, -0.2) is 4.98 Å². The molecule has 0 bridgehead atoms. The lowest BCUT2D eigenvalue weighted by Gasteiger charge is -2.18. The number of halogens is 4. The van der Waals surface area contributed by atoms with Crippen LogP contribution in [0.5, 0.6) is 0 Å². The molecule has 1 N–H and O–H groups in total. The predicted molar refractivity (Wildman–Crippen MR) is 78.1 cm³/mol. The molecule has 112 valence electrons. The third kappa shape index (κ3) is 3.67. The second kappa shape index (κ2) is 5.93. The topological polar surface area (TPSA) is 24.9 Å². The Morgan fingerprint density at radius 2 is 1.81 bits per heavy atom. The average Bonchev–Trinajstić information content (AvgIpc) is 2.37. The molecule has 0 spiro atoms. The Morgan fingerprint density at radius 3 is 2.43 bits per heavy atom. The zero-order valence-electron chi connectivity index (χ0n) is 11.5. The van der Waals surface area contributed by atoms with E-state index in [1.165, 1.54) is 6.07 Å². The van der Waals surface area contributed by atoms with Crippen LogP contribution in [0.25, 0.3) is 0 Å². The quantitative estimate of drug-likeness (QED) is 0.744. The highest BCUT2D eigenvalue weighted by Gasteiger charge is 2.34. The van der Waals surface area contributed by atoms with Crippen LogP contribution in [0.15, 0.2) is 36.5 Å². The van der Waals surface area contributed by atoms with Gasteiger partial charge in [0, 0.05) is 11.9 Å². The molecule has 0 aliphatic heterocycles. The van der Waals surface area contributed by atoms with Crippen LogP contribution in [0.2, 0.25) is 5.15 Å². The van der Waals surface area contributed by atoms with Crippen molar-refractivity contribution in [1.29, 1.82) is 0 Å². The molecule has 0 fully saturated rings. The molecule has 0 amide bonds. The Kier molecular flexibility index (Phi) is 4.42. The number of rotatable bonds is 3. The third-order valence-corrected chi connectivity index (χ3v) is 3.23. The molecular weight excluding hydrogens is 301 g/mol. The minimum Gasteiger partial charge on any atom is -0.355 e. The Morgan fingerprint density at radius 1 is 1.14 bits per heavy atom. The van der Waals surface area contributed by atoms with E-state index in [-0.39, 0.29) is 16.8 Å². The van der Waals surface area contributed by atoms with Crippen molar-refractivity contribution in [1.82, 2.24) is 4.98 Å². The van der Waals surface area contributed by atoms with Gasteiger partial charge in [-0.3, -0.25) is 0 Å². The normalized spacial score (nSPS) is 11.8. The number of para-hydroxylation sites is 1. The van der Waals surface area contributed by atoms with Crippen molar-refractivity contribution in [3.63, 3.8) is 0 Å². The van der Waals surface area contributed by atoms with Gasteiger partial charge in [0.2, 0.25) is 0 Å². The summed E-state index contributed by atoms with van der Waals surface area (Å²) < 4.78 is 39.1. The minimum absolute atomic E-state index is 0.00697. The van der Waals surface area contributed by atoms with Crippen molar-refractivity contribution in [3.8, 4) is 0 Å². The molecule has 1 aromatic heterocycles. The number of nitrogens with zero attached hydrogens (tertiary/aromatic N) is 1. The number of hydrogen-bond acceptors (Lipinski definition) is 2. The zero-order chi connectivity index (χ0) is 15.6. The summed E-state index contributed by atoms with van der Waals surface area (Å²) in [5.74, 6) is 0.181. The van der Waals surface area contributed by atoms with Crippen molar-refractivity contribution < 1.29 is 13.2 Å². The first-order valence-electron chi connectivity index (χ1n) is 6.37. The van der Waals surface area contributed by atoms with Crippen molar-refractivity contribution in [2.24, 2.45) is 0 Å². The summed E-state index contributed by atoms with van der Waals surface area (Å²) in [5.41, 5.74) is 0.611. The fourth-order valence-corrected chi connectivity index (χ4v) is 2.18. The van der Waals surface area contributed by atoms with Gasteiger partial charge in [0.05, 0.1) is 11.3 Å². The zero-order valence-corrected chi connectivity index (χ0v) is 12.3. The number of alkyl halides is 3. The van der Waals surface area contributed by atoms with Crippen molar-refractivity contribution in [2.75, 3.05) is 5.32 Å². The lowest BCUT2D eigenvalue weighted by molar-refractivity contribution is -0.137. The van der Waals surface area contributed by atoms with E-state index in [2.05, 4.69) is 10.3 Å². The summed E-state index contributed by atoms with van der Waals surface area (Å²) in [6, 6.07) is 8.42. The Balaban J connectivity index is 2.47. The van der Waals surface area contributed by atoms with Gasteiger partial charge in [0.15, 0.2) is 0 Å². The molecule has 6 heteroatoms. The summed E-state index contributed by atoms with van der Waals surface area (Å²) >= 11 is 5.72. The summed E-state index contributed by atoms with van der Waals surface area (Å²) in [6.07, 6.45) is -3.75. The maximum atomic E-state index is 13.0. The van der Waals surface area contributed by atoms with E-state index in [1.54, 1.807) is 12.1 Å². The smallest absolute Gasteiger partial charge is 0.355 e. The molecule has 2 nitrogen and oxygen atoms in total. The molecule has 1 aromatic carbocycles. The van der Waals surface area contributed by atoms with Gasteiger partial charge in [-0.1, -0.05) is 43.6 Å². The molecule has 0 unspecified atom stereocenters. The Bertz CT molecular complexity index is 639. The first-order valence-corrected chi connectivity index (χ1v) is 6.75. The second-order valence-corrected chi connectivity index (χ2v) is 5.30. The molecule has 2 rings (SSSR count). The lowest BCUT2D eigenvalue weighted by atomic mass is 10.0. The molecule has 0 saturated carbocycles. The van der Waals surface area contributed by atoms with Gasteiger partial charge in [-0.05, 0) is 23.6 Å². The van der Waals surface area contributed by atoms with Crippen LogP contribution >= 0.6 is 11.6 Å². The fourth-order valence-electron chi connectivity index (χ4n) is 2.02. The molecular formula is C15H14ClF3N2. The Labute approximate surface area is 126 Å². The highest BCUT2D eigenvalue weighted by molar-refractivity contribution is 6.29. The van der Waals surface area contributed by atoms with Gasteiger partial charge in [0.25, 0.3) is 0 Å². The highest BCUT2D eigenvalue weighted by atomic mass is 35.5. The number of nitrogens with one attached hydrogen (secondary N) is 1. The number of anilines is 2. The summed E-state index contributed by atoms with van der Waals surface area (Å²) in [7, 11) is 0. The van der Waals surface area contributed by atoms with Gasteiger partial charge in [0.1, 0.15) is 5.15 Å². The van der Waals surface area contributed by atoms with Crippen LogP contribution < -0.4 is 5.32 Å². The van der Waals surface area contributed by atoms with Gasteiger partial charge >= 0.3 is 6.18 Å². The molecule has 0 radical (unpaired) electrons. The maximum Gasteiger partial charge on any atom is 0.419 e. The minimum atomic E-state index is -4.49. The first-order chi connectivity index (χ1) is 9.79. The monoisotopic (exact) mass is 314 g/mol. The molecule has 0 aliphatic rings. The van der Waals surface area contributed by atoms with Crippen LogP contribution in [0, 0.1) is 0 Å². The van der Waals surface area contributed by atoms with Crippen LogP contribution in [0.3, 0.4) is 0 Å². The van der Waals surface area contributed by atoms with E-state index >= 15 is 0 Å². The Hall–Kier alpha value is -1.75. The standard InChI is InChI=1S/C15H14ClF3N2/c1-9(2)10-5-3-4-6-12(10)21-13-7-14(16)20-8-11(13)15(17,18)19/h3-9H,1-2H3,(H,20,21). The molecule has 0 aliphatic carbocycles. The lowest BCUT2D eigenvalue weighted by Crippen LogP contribution is -2.10. The van der Waals surface area contributed by atoms with Gasteiger partial charge in [-0.15, -0.1) is 0 Å². The second-order valence-electron chi connectivity index (χ2n) is 4.92. The van der Waals surface area contributed by atoms with Crippen molar-refractivity contribution in [3.05, 3.63) is 52.8 Å². The number of pyridine rings is 1. The predicted octanol–water partition coefficient (Wildman–Crippen LogP) is 5.62. The number of hydrogen-bond donors (Lipinski definition) is 1. The van der Waals surface area contributed by atoms with E-state index in [4.69, 9.17) is 11.6 Å². The third-order valence-electron chi connectivity index (χ3n) is 3.03. The van der Waals surface area contributed by atoms with E-state index in [0.717, 1.165) is 11.8 Å². The van der Waals surface area contributed by atoms with Crippen molar-refractivity contribution in [2.45, 2.75) is 25.9 Å². The van der Waals surface area contributed by atoms with E-state index in [1.807, 2.05) is 26.0 Å².